The Hall–Kier alpha value is -6.00. The molecule has 7 aromatic rings. The molecule has 5 aromatic carbocycles. The Kier molecular flexibility index (Phi) is 8.55. The molecule has 48 heavy (non-hydrogen) atoms. The minimum atomic E-state index is 0.922. The summed E-state index contributed by atoms with van der Waals surface area (Å²) in [5, 5.41) is 4.63. The van der Waals surface area contributed by atoms with E-state index in [0.717, 1.165) is 66.9 Å². The summed E-state index contributed by atoms with van der Waals surface area (Å²) in [5.74, 6) is 0. The Balaban J connectivity index is 1.39. The molecule has 4 nitrogen and oxygen atoms in total. The van der Waals surface area contributed by atoms with Crippen LogP contribution in [0.4, 0.5) is 11.4 Å². The van der Waals surface area contributed by atoms with Gasteiger partial charge in [0.1, 0.15) is 0 Å². The second-order valence-electron chi connectivity index (χ2n) is 12.5. The van der Waals surface area contributed by atoms with E-state index in [2.05, 4.69) is 171 Å². The fourth-order valence-electron chi connectivity index (χ4n) is 6.02. The molecule has 234 valence electrons. The second kappa shape index (κ2) is 13.4. The summed E-state index contributed by atoms with van der Waals surface area (Å²) >= 11 is 0. The number of aromatic nitrogens is 2. The van der Waals surface area contributed by atoms with Gasteiger partial charge in [-0.25, -0.2) is 0 Å². The quantitative estimate of drug-likeness (QED) is 0.169. The topological polar surface area (TPSA) is 32.3 Å². The van der Waals surface area contributed by atoms with Crippen molar-refractivity contribution in [2.75, 3.05) is 38.0 Å². The van der Waals surface area contributed by atoms with Gasteiger partial charge in [0.2, 0.25) is 0 Å². The van der Waals surface area contributed by atoms with Crippen LogP contribution in [0, 0.1) is 0 Å². The largest absolute Gasteiger partial charge is 0.378 e. The van der Waals surface area contributed by atoms with Gasteiger partial charge in [-0.2, -0.15) is 0 Å². The Bertz CT molecular complexity index is 2110. The van der Waals surface area contributed by atoms with Crippen molar-refractivity contribution in [1.29, 1.82) is 0 Å². The van der Waals surface area contributed by atoms with Gasteiger partial charge >= 0.3 is 0 Å². The Morgan fingerprint density at radius 2 is 0.792 bits per heavy atom. The molecule has 0 aliphatic carbocycles. The third-order valence-electron chi connectivity index (χ3n) is 8.78. The molecular weight excluding hydrogens is 585 g/mol. The normalized spacial score (nSPS) is 11.6. The van der Waals surface area contributed by atoms with Gasteiger partial charge in [-0.15, -0.1) is 0 Å². The number of anilines is 2. The van der Waals surface area contributed by atoms with Crippen molar-refractivity contribution >= 4 is 57.2 Å². The molecule has 2 heterocycles. The van der Waals surface area contributed by atoms with E-state index >= 15 is 0 Å². The number of pyridine rings is 2. The van der Waals surface area contributed by atoms with Gasteiger partial charge < -0.3 is 9.80 Å². The van der Waals surface area contributed by atoms with Crippen LogP contribution in [0.15, 0.2) is 134 Å². The van der Waals surface area contributed by atoms with E-state index in [1.807, 2.05) is 24.5 Å². The maximum absolute atomic E-state index is 4.75. The molecule has 0 saturated carbocycles. The van der Waals surface area contributed by atoms with Crippen LogP contribution in [0.5, 0.6) is 0 Å². The Morgan fingerprint density at radius 3 is 1.17 bits per heavy atom. The molecule has 7 rings (SSSR count). The van der Waals surface area contributed by atoms with Crippen molar-refractivity contribution in [3.8, 4) is 22.3 Å². The SMILES string of the molecule is CN(C)c1ccc(-c2cc(/C=C/c3cc4ccccc4cn3)c(-c3ccc(N(C)C)cc3)cc2/C=C/c2cc3ccccc3cn2)cc1. The molecule has 4 heteroatoms. The second-order valence-corrected chi connectivity index (χ2v) is 12.5. The first-order valence-electron chi connectivity index (χ1n) is 16.2. The minimum Gasteiger partial charge on any atom is -0.378 e. The number of fused-ring (bicyclic) bond motifs is 2. The van der Waals surface area contributed by atoms with Crippen molar-refractivity contribution in [3.05, 3.63) is 156 Å². The third kappa shape index (κ3) is 6.60. The van der Waals surface area contributed by atoms with E-state index in [4.69, 9.17) is 9.97 Å². The summed E-state index contributed by atoms with van der Waals surface area (Å²) in [6, 6.07) is 43.1. The zero-order chi connectivity index (χ0) is 33.0. The molecule has 0 aliphatic heterocycles. The van der Waals surface area contributed by atoms with Crippen LogP contribution in [-0.4, -0.2) is 38.2 Å². The van der Waals surface area contributed by atoms with Crippen LogP contribution in [-0.2, 0) is 0 Å². The fourth-order valence-corrected chi connectivity index (χ4v) is 6.02. The van der Waals surface area contributed by atoms with Crippen LogP contribution in [0.2, 0.25) is 0 Å². The van der Waals surface area contributed by atoms with E-state index in [1.54, 1.807) is 0 Å². The summed E-state index contributed by atoms with van der Waals surface area (Å²) in [4.78, 5) is 13.8. The summed E-state index contributed by atoms with van der Waals surface area (Å²) in [6.07, 6.45) is 12.5. The molecular formula is C44H38N4. The number of hydrogen-bond acceptors (Lipinski definition) is 4. The van der Waals surface area contributed by atoms with E-state index in [-0.39, 0.29) is 0 Å². The summed E-state index contributed by atoms with van der Waals surface area (Å²) in [6.45, 7) is 0. The van der Waals surface area contributed by atoms with Crippen LogP contribution >= 0.6 is 0 Å². The maximum atomic E-state index is 4.75. The molecule has 0 unspecified atom stereocenters. The van der Waals surface area contributed by atoms with Crippen molar-refractivity contribution < 1.29 is 0 Å². The first kappa shape index (κ1) is 30.6. The van der Waals surface area contributed by atoms with Crippen LogP contribution < -0.4 is 9.80 Å². The first-order chi connectivity index (χ1) is 23.4. The lowest BCUT2D eigenvalue weighted by molar-refractivity contribution is 1.13. The highest BCUT2D eigenvalue weighted by Gasteiger charge is 2.13. The number of rotatable bonds is 8. The van der Waals surface area contributed by atoms with Crippen LogP contribution in [0.25, 0.3) is 68.1 Å². The molecule has 0 amide bonds. The zero-order valence-electron chi connectivity index (χ0n) is 27.8. The molecule has 0 atom stereocenters. The molecule has 0 spiro atoms. The Labute approximate surface area is 283 Å². The van der Waals surface area contributed by atoms with E-state index < -0.39 is 0 Å². The highest BCUT2D eigenvalue weighted by molar-refractivity contribution is 5.92. The van der Waals surface area contributed by atoms with E-state index in [9.17, 15) is 0 Å². The molecule has 0 fully saturated rings. The smallest absolute Gasteiger partial charge is 0.0636 e. The van der Waals surface area contributed by atoms with E-state index in [0.29, 0.717) is 0 Å². The molecule has 0 aliphatic rings. The molecule has 0 N–H and O–H groups in total. The van der Waals surface area contributed by atoms with Gasteiger partial charge in [0.05, 0.1) is 11.4 Å². The minimum absolute atomic E-state index is 0.922. The summed E-state index contributed by atoms with van der Waals surface area (Å²) in [7, 11) is 8.28. The van der Waals surface area contributed by atoms with Gasteiger partial charge in [-0.3, -0.25) is 9.97 Å². The lowest BCUT2D eigenvalue weighted by Crippen LogP contribution is -2.08. The zero-order valence-corrected chi connectivity index (χ0v) is 27.8. The maximum Gasteiger partial charge on any atom is 0.0636 e. The predicted octanol–water partition coefficient (Wildman–Crippen LogP) is 10.6. The third-order valence-corrected chi connectivity index (χ3v) is 8.78. The number of nitrogens with zero attached hydrogens (tertiary/aromatic N) is 4. The molecule has 0 radical (unpaired) electrons. The van der Waals surface area contributed by atoms with Crippen molar-refractivity contribution in [3.63, 3.8) is 0 Å². The van der Waals surface area contributed by atoms with Gasteiger partial charge in [-0.05, 0) is 105 Å². The van der Waals surface area contributed by atoms with Gasteiger partial charge in [0, 0.05) is 62.7 Å². The van der Waals surface area contributed by atoms with Crippen LogP contribution in [0.3, 0.4) is 0 Å². The molecule has 0 saturated heterocycles. The summed E-state index contributed by atoms with van der Waals surface area (Å²) in [5.41, 5.74) is 11.0. The average molecular weight is 623 g/mol. The predicted molar refractivity (Wildman–Crippen MR) is 207 cm³/mol. The highest BCUT2D eigenvalue weighted by Crippen LogP contribution is 2.36. The number of hydrogen-bond donors (Lipinski definition) is 0. The Morgan fingerprint density at radius 1 is 0.417 bits per heavy atom. The average Bonchev–Trinajstić information content (AvgIpc) is 3.13. The monoisotopic (exact) mass is 622 g/mol. The molecule has 2 aromatic heterocycles. The highest BCUT2D eigenvalue weighted by atomic mass is 15.1. The molecule has 0 bridgehead atoms. The first-order valence-corrected chi connectivity index (χ1v) is 16.2. The van der Waals surface area contributed by atoms with Crippen molar-refractivity contribution in [1.82, 2.24) is 9.97 Å². The number of benzene rings is 5. The lowest BCUT2D eigenvalue weighted by atomic mass is 9.90. The van der Waals surface area contributed by atoms with Gasteiger partial charge in [0.15, 0.2) is 0 Å². The van der Waals surface area contributed by atoms with Crippen molar-refractivity contribution in [2.24, 2.45) is 0 Å². The van der Waals surface area contributed by atoms with Gasteiger partial charge in [-0.1, -0.05) is 84.9 Å². The van der Waals surface area contributed by atoms with Crippen molar-refractivity contribution in [2.45, 2.75) is 0 Å². The fraction of sp³-hybridized carbons (Fsp3) is 0.0909. The summed E-state index contributed by atoms with van der Waals surface area (Å²) < 4.78 is 0. The lowest BCUT2D eigenvalue weighted by Gasteiger charge is -2.17. The standard InChI is InChI=1S/C44H38N4/c1-47(2)41-21-15-31(16-22-41)43-27-36(14-20-40-26-34-10-6-8-12-38(34)30-46-40)44(32-17-23-42(24-18-32)48(3)4)28-35(43)13-19-39-25-33-9-5-7-11-37(33)29-45-39/h5-30H,1-4H3/b19-13+,20-14+. The van der Waals surface area contributed by atoms with E-state index in [1.165, 1.54) is 10.8 Å². The van der Waals surface area contributed by atoms with Crippen LogP contribution in [0.1, 0.15) is 22.5 Å². The van der Waals surface area contributed by atoms with Gasteiger partial charge in [0.25, 0.3) is 0 Å².